The number of aliphatic imine (C=N–C) groups is 1. The average Bonchev–Trinajstić information content (AvgIpc) is 3.33. The molecule has 170 valence electrons. The Morgan fingerprint density at radius 3 is 2.71 bits per heavy atom. The first kappa shape index (κ1) is 25.6. The van der Waals surface area contributed by atoms with Crippen LogP contribution in [0, 0.1) is 0 Å². The van der Waals surface area contributed by atoms with Gasteiger partial charge in [0, 0.05) is 50.7 Å². The molecule has 3 N–H and O–H groups in total. The van der Waals surface area contributed by atoms with E-state index >= 15 is 0 Å². The summed E-state index contributed by atoms with van der Waals surface area (Å²) in [5.41, 5.74) is 1.80. The second-order valence-corrected chi connectivity index (χ2v) is 8.07. The van der Waals surface area contributed by atoms with Crippen molar-refractivity contribution in [2.45, 2.75) is 12.5 Å². The molecule has 1 aliphatic heterocycles. The number of hydrogen-bond donors (Lipinski definition) is 3. The number of amides is 1. The summed E-state index contributed by atoms with van der Waals surface area (Å²) < 4.78 is 5.52. The molecule has 7 nitrogen and oxygen atoms in total. The highest BCUT2D eigenvalue weighted by Crippen LogP contribution is 2.25. The number of hydrogen-bond acceptors (Lipinski definition) is 5. The standard InChI is InChI=1S/C22H31N5O2S.HI/c1-23-21(28)18-6-3-5-17(15-18)8-9-25-22(24-2)26-16-19(20-7-4-14-30-20)27-10-12-29-13-11-27;/h3-7,14-15,19H,8-13,16H2,1-2H3,(H,23,28)(H2,24,25,26);1H. The predicted molar refractivity (Wildman–Crippen MR) is 138 cm³/mol. The van der Waals surface area contributed by atoms with E-state index in [1.165, 1.54) is 4.88 Å². The van der Waals surface area contributed by atoms with Crippen LogP contribution >= 0.6 is 35.3 Å². The number of morpholine rings is 1. The van der Waals surface area contributed by atoms with Crippen molar-refractivity contribution in [2.24, 2.45) is 4.99 Å². The molecule has 1 unspecified atom stereocenters. The van der Waals surface area contributed by atoms with Gasteiger partial charge in [-0.25, -0.2) is 0 Å². The number of nitrogens with one attached hydrogen (secondary N) is 3. The molecule has 0 spiro atoms. The maximum atomic E-state index is 11.8. The highest BCUT2D eigenvalue weighted by atomic mass is 127. The smallest absolute Gasteiger partial charge is 0.251 e. The van der Waals surface area contributed by atoms with E-state index in [9.17, 15) is 4.79 Å². The van der Waals surface area contributed by atoms with E-state index in [-0.39, 0.29) is 29.9 Å². The Morgan fingerprint density at radius 2 is 2.03 bits per heavy atom. The van der Waals surface area contributed by atoms with Crippen molar-refractivity contribution in [3.63, 3.8) is 0 Å². The lowest BCUT2D eigenvalue weighted by molar-refractivity contribution is 0.0177. The van der Waals surface area contributed by atoms with Gasteiger partial charge < -0.3 is 20.7 Å². The Morgan fingerprint density at radius 1 is 1.23 bits per heavy atom. The topological polar surface area (TPSA) is 78.0 Å². The van der Waals surface area contributed by atoms with Crippen LogP contribution in [-0.2, 0) is 11.2 Å². The van der Waals surface area contributed by atoms with Crippen molar-refractivity contribution in [3.8, 4) is 0 Å². The average molecular weight is 558 g/mol. The molecule has 9 heteroatoms. The number of ether oxygens (including phenoxy) is 1. The zero-order valence-corrected chi connectivity index (χ0v) is 21.2. The van der Waals surface area contributed by atoms with Gasteiger partial charge in [-0.05, 0) is 35.6 Å². The lowest BCUT2D eigenvalue weighted by Crippen LogP contribution is -2.46. The molecule has 1 aliphatic rings. The van der Waals surface area contributed by atoms with Crippen LogP contribution < -0.4 is 16.0 Å². The van der Waals surface area contributed by atoms with Crippen molar-refractivity contribution >= 4 is 47.2 Å². The summed E-state index contributed by atoms with van der Waals surface area (Å²) in [6, 6.07) is 12.3. The molecule has 3 rings (SSSR count). The number of carbonyl (C=O) groups is 1. The molecule has 0 saturated carbocycles. The summed E-state index contributed by atoms with van der Waals surface area (Å²) in [5, 5.41) is 11.7. The van der Waals surface area contributed by atoms with Crippen molar-refractivity contribution < 1.29 is 9.53 Å². The zero-order chi connectivity index (χ0) is 21.2. The third-order valence-corrected chi connectivity index (χ3v) is 6.14. The second-order valence-electron chi connectivity index (χ2n) is 7.09. The Bertz CT molecular complexity index is 825. The SMILES string of the molecule is CN=C(NCCc1cccc(C(=O)NC)c1)NCC(c1cccs1)N1CCOCC1.I. The van der Waals surface area contributed by atoms with E-state index in [1.54, 1.807) is 25.4 Å². The van der Waals surface area contributed by atoms with Crippen LogP contribution in [0.1, 0.15) is 26.8 Å². The van der Waals surface area contributed by atoms with Crippen molar-refractivity contribution in [2.75, 3.05) is 53.5 Å². The largest absolute Gasteiger partial charge is 0.379 e. The molecule has 2 aromatic rings. The fourth-order valence-corrected chi connectivity index (χ4v) is 4.39. The first-order valence-electron chi connectivity index (χ1n) is 10.3. The summed E-state index contributed by atoms with van der Waals surface area (Å²) in [7, 11) is 3.43. The summed E-state index contributed by atoms with van der Waals surface area (Å²) in [6.45, 7) is 4.97. The van der Waals surface area contributed by atoms with Crippen LogP contribution in [0.5, 0.6) is 0 Å². The fourth-order valence-electron chi connectivity index (χ4n) is 3.53. The molecule has 31 heavy (non-hydrogen) atoms. The second kappa shape index (κ2) is 13.7. The van der Waals surface area contributed by atoms with Crippen LogP contribution in [0.4, 0.5) is 0 Å². The lowest BCUT2D eigenvalue weighted by Gasteiger charge is -2.34. The van der Waals surface area contributed by atoms with Crippen molar-refractivity contribution in [1.29, 1.82) is 0 Å². The summed E-state index contributed by atoms with van der Waals surface area (Å²) >= 11 is 1.79. The van der Waals surface area contributed by atoms with Gasteiger partial charge >= 0.3 is 0 Å². The van der Waals surface area contributed by atoms with E-state index in [0.717, 1.165) is 57.3 Å². The molecule has 1 amide bonds. The van der Waals surface area contributed by atoms with Crippen LogP contribution in [0.15, 0.2) is 46.8 Å². The first-order chi connectivity index (χ1) is 14.7. The van der Waals surface area contributed by atoms with Gasteiger partial charge in [-0.15, -0.1) is 35.3 Å². The van der Waals surface area contributed by atoms with Gasteiger partial charge in [0.05, 0.1) is 19.3 Å². The number of nitrogens with zero attached hydrogens (tertiary/aromatic N) is 2. The van der Waals surface area contributed by atoms with E-state index in [0.29, 0.717) is 11.6 Å². The number of halogens is 1. The van der Waals surface area contributed by atoms with Crippen molar-refractivity contribution in [3.05, 3.63) is 57.8 Å². The minimum atomic E-state index is -0.0648. The zero-order valence-electron chi connectivity index (χ0n) is 18.1. The third kappa shape index (κ3) is 7.74. The Balaban J connectivity index is 0.00000341. The van der Waals surface area contributed by atoms with Gasteiger partial charge in [0.15, 0.2) is 5.96 Å². The van der Waals surface area contributed by atoms with Crippen LogP contribution in [0.25, 0.3) is 0 Å². The Kier molecular flexibility index (Phi) is 11.3. The predicted octanol–water partition coefficient (Wildman–Crippen LogP) is 2.51. The molecule has 0 radical (unpaired) electrons. The van der Waals surface area contributed by atoms with Gasteiger partial charge in [0.1, 0.15) is 0 Å². The molecule has 0 aliphatic carbocycles. The summed E-state index contributed by atoms with van der Waals surface area (Å²) in [5.74, 6) is 0.720. The van der Waals surface area contributed by atoms with Gasteiger partial charge in [-0.3, -0.25) is 14.7 Å². The van der Waals surface area contributed by atoms with Gasteiger partial charge in [-0.1, -0.05) is 18.2 Å². The van der Waals surface area contributed by atoms with Crippen LogP contribution in [0.3, 0.4) is 0 Å². The maximum Gasteiger partial charge on any atom is 0.251 e. The molecule has 1 aromatic heterocycles. The fraction of sp³-hybridized carbons (Fsp3) is 0.455. The number of benzene rings is 1. The van der Waals surface area contributed by atoms with E-state index in [4.69, 9.17) is 4.74 Å². The molecule has 1 fully saturated rings. The number of carbonyl (C=O) groups excluding carboxylic acids is 1. The Hall–Kier alpha value is -1.69. The Labute approximate surface area is 205 Å². The molecule has 0 bridgehead atoms. The van der Waals surface area contributed by atoms with Crippen molar-refractivity contribution in [1.82, 2.24) is 20.9 Å². The minimum absolute atomic E-state index is 0. The quantitative estimate of drug-likeness (QED) is 0.264. The molecule has 1 atom stereocenters. The number of rotatable bonds is 8. The van der Waals surface area contributed by atoms with E-state index in [2.05, 4.69) is 43.4 Å². The van der Waals surface area contributed by atoms with Crippen LogP contribution in [0.2, 0.25) is 0 Å². The highest BCUT2D eigenvalue weighted by Gasteiger charge is 2.23. The lowest BCUT2D eigenvalue weighted by atomic mass is 10.1. The van der Waals surface area contributed by atoms with E-state index in [1.807, 2.05) is 24.3 Å². The highest BCUT2D eigenvalue weighted by molar-refractivity contribution is 14.0. The molecule has 1 aromatic carbocycles. The number of guanidine groups is 1. The summed E-state index contributed by atoms with van der Waals surface area (Å²) in [6.07, 6.45) is 0.809. The van der Waals surface area contributed by atoms with Gasteiger partial charge in [0.25, 0.3) is 5.91 Å². The maximum absolute atomic E-state index is 11.8. The normalized spacial score (nSPS) is 15.6. The first-order valence-corrected chi connectivity index (χ1v) is 11.2. The van der Waals surface area contributed by atoms with Gasteiger partial charge in [-0.2, -0.15) is 0 Å². The van der Waals surface area contributed by atoms with Crippen LogP contribution in [-0.4, -0.2) is 70.3 Å². The molecular weight excluding hydrogens is 525 g/mol. The van der Waals surface area contributed by atoms with E-state index < -0.39 is 0 Å². The van der Waals surface area contributed by atoms with Gasteiger partial charge in [0.2, 0.25) is 0 Å². The third-order valence-electron chi connectivity index (χ3n) is 5.17. The number of thiophene rings is 1. The molecular formula is C22H32IN5O2S. The summed E-state index contributed by atoms with van der Waals surface area (Å²) in [4.78, 5) is 20.0. The molecule has 2 heterocycles. The minimum Gasteiger partial charge on any atom is -0.379 e. The molecule has 1 saturated heterocycles. The monoisotopic (exact) mass is 557 g/mol.